The SMILES string of the molecule is C=C(C)C(=O)OCC(F)(F)F.C=CC(=O)OCCF. The van der Waals surface area contributed by atoms with E-state index in [-0.39, 0.29) is 12.2 Å². The normalized spacial score (nSPS) is 9.74. The van der Waals surface area contributed by atoms with Crippen LogP contribution in [0.15, 0.2) is 24.8 Å². The summed E-state index contributed by atoms with van der Waals surface area (Å²) in [6.07, 6.45) is -3.47. The first kappa shape index (κ1) is 19.5. The van der Waals surface area contributed by atoms with E-state index in [0.29, 0.717) is 0 Å². The van der Waals surface area contributed by atoms with Gasteiger partial charge in [0.15, 0.2) is 6.61 Å². The molecule has 110 valence electrons. The van der Waals surface area contributed by atoms with Gasteiger partial charge in [0.1, 0.15) is 13.3 Å². The molecule has 0 aliphatic heterocycles. The predicted octanol–water partition coefficient (Wildman–Crippen LogP) is 2.35. The zero-order chi connectivity index (χ0) is 15.5. The van der Waals surface area contributed by atoms with Gasteiger partial charge in [-0.15, -0.1) is 0 Å². The van der Waals surface area contributed by atoms with Crippen LogP contribution in [0.3, 0.4) is 0 Å². The molecule has 0 unspecified atom stereocenters. The highest BCUT2D eigenvalue weighted by atomic mass is 19.4. The highest BCUT2D eigenvalue weighted by Crippen LogP contribution is 2.14. The molecule has 0 spiro atoms. The van der Waals surface area contributed by atoms with Crippen LogP contribution in [-0.2, 0) is 19.1 Å². The van der Waals surface area contributed by atoms with Crippen molar-refractivity contribution in [3.63, 3.8) is 0 Å². The Bertz CT molecular complexity index is 323. The molecule has 0 rings (SSSR count). The molecule has 8 heteroatoms. The molecule has 4 nitrogen and oxygen atoms in total. The third-order valence-electron chi connectivity index (χ3n) is 1.20. The number of hydrogen-bond acceptors (Lipinski definition) is 4. The van der Waals surface area contributed by atoms with Crippen LogP contribution in [-0.4, -0.2) is 38.0 Å². The summed E-state index contributed by atoms with van der Waals surface area (Å²) in [4.78, 5) is 20.4. The van der Waals surface area contributed by atoms with Gasteiger partial charge >= 0.3 is 18.1 Å². The van der Waals surface area contributed by atoms with Crippen molar-refractivity contribution in [2.24, 2.45) is 0 Å². The lowest BCUT2D eigenvalue weighted by Crippen LogP contribution is -2.20. The van der Waals surface area contributed by atoms with Crippen molar-refractivity contribution in [3.05, 3.63) is 24.8 Å². The maximum absolute atomic E-state index is 11.4. The van der Waals surface area contributed by atoms with Crippen molar-refractivity contribution in [1.82, 2.24) is 0 Å². The zero-order valence-corrected chi connectivity index (χ0v) is 10.3. The van der Waals surface area contributed by atoms with E-state index >= 15 is 0 Å². The first-order valence-electron chi connectivity index (χ1n) is 4.88. The predicted molar refractivity (Wildman–Crippen MR) is 59.0 cm³/mol. The summed E-state index contributed by atoms with van der Waals surface area (Å²) in [6, 6.07) is 0. The Balaban J connectivity index is 0. The standard InChI is InChI=1S/C6H7F3O2.C5H7FO2/c1-4(2)5(10)11-3-6(7,8)9;1-2-5(7)8-4-3-6/h1,3H2,2H3;2H,1,3-4H2. The summed E-state index contributed by atoms with van der Waals surface area (Å²) >= 11 is 0. The van der Waals surface area contributed by atoms with Gasteiger partial charge in [0, 0.05) is 11.6 Å². The van der Waals surface area contributed by atoms with Crippen molar-refractivity contribution in [2.45, 2.75) is 13.1 Å². The molecule has 0 aliphatic carbocycles. The fourth-order valence-electron chi connectivity index (χ4n) is 0.469. The Morgan fingerprint density at radius 3 is 2.11 bits per heavy atom. The topological polar surface area (TPSA) is 52.6 Å². The molecule has 0 fully saturated rings. The lowest BCUT2D eigenvalue weighted by Gasteiger charge is -2.06. The number of carbonyl (C=O) groups is 2. The Morgan fingerprint density at radius 1 is 1.26 bits per heavy atom. The Hall–Kier alpha value is -1.86. The molecule has 0 amide bonds. The van der Waals surface area contributed by atoms with Gasteiger partial charge in [0.25, 0.3) is 0 Å². The van der Waals surface area contributed by atoms with Gasteiger partial charge < -0.3 is 9.47 Å². The van der Waals surface area contributed by atoms with Crippen molar-refractivity contribution < 1.29 is 36.6 Å². The first-order valence-corrected chi connectivity index (χ1v) is 4.88. The van der Waals surface area contributed by atoms with Gasteiger partial charge in [-0.3, -0.25) is 0 Å². The monoisotopic (exact) mass is 286 g/mol. The summed E-state index contributed by atoms with van der Waals surface area (Å²) in [5, 5.41) is 0. The Kier molecular flexibility index (Phi) is 10.4. The van der Waals surface area contributed by atoms with E-state index in [1.54, 1.807) is 0 Å². The van der Waals surface area contributed by atoms with Crippen LogP contribution >= 0.6 is 0 Å². The minimum Gasteiger partial charge on any atom is -0.460 e. The fourth-order valence-corrected chi connectivity index (χ4v) is 0.469. The van der Waals surface area contributed by atoms with Crippen LogP contribution in [0.25, 0.3) is 0 Å². The quantitative estimate of drug-likeness (QED) is 0.442. The van der Waals surface area contributed by atoms with Crippen LogP contribution in [0.4, 0.5) is 17.6 Å². The maximum Gasteiger partial charge on any atom is 0.422 e. The van der Waals surface area contributed by atoms with Gasteiger partial charge in [-0.25, -0.2) is 14.0 Å². The molecule has 0 bridgehead atoms. The third kappa shape index (κ3) is 16.1. The number of halogens is 4. The average molecular weight is 286 g/mol. The molecular formula is C11H14F4O4. The number of esters is 2. The van der Waals surface area contributed by atoms with Gasteiger partial charge in [0.05, 0.1) is 0 Å². The highest BCUT2D eigenvalue weighted by molar-refractivity contribution is 5.86. The molecule has 0 aliphatic rings. The fraction of sp³-hybridized carbons (Fsp3) is 0.455. The molecule has 0 aromatic carbocycles. The summed E-state index contributed by atoms with van der Waals surface area (Å²) in [7, 11) is 0. The molecule has 0 atom stereocenters. The molecule has 19 heavy (non-hydrogen) atoms. The summed E-state index contributed by atoms with van der Waals surface area (Å²) in [6.45, 7) is 5.13. The number of hydrogen-bond donors (Lipinski definition) is 0. The molecular weight excluding hydrogens is 272 g/mol. The Morgan fingerprint density at radius 2 is 1.79 bits per heavy atom. The van der Waals surface area contributed by atoms with E-state index in [4.69, 9.17) is 0 Å². The lowest BCUT2D eigenvalue weighted by atomic mass is 10.4. The third-order valence-corrected chi connectivity index (χ3v) is 1.20. The van der Waals surface area contributed by atoms with E-state index in [0.717, 1.165) is 6.08 Å². The van der Waals surface area contributed by atoms with Crippen LogP contribution in [0, 0.1) is 0 Å². The van der Waals surface area contributed by atoms with E-state index in [1.807, 2.05) is 0 Å². The zero-order valence-electron chi connectivity index (χ0n) is 10.3. The van der Waals surface area contributed by atoms with Crippen molar-refractivity contribution in [3.8, 4) is 0 Å². The number of carbonyl (C=O) groups excluding carboxylic acids is 2. The molecule has 0 heterocycles. The Labute approximate surface area is 107 Å². The van der Waals surface area contributed by atoms with Crippen molar-refractivity contribution >= 4 is 11.9 Å². The first-order chi connectivity index (χ1) is 8.64. The average Bonchev–Trinajstić information content (AvgIpc) is 2.32. The summed E-state index contributed by atoms with van der Waals surface area (Å²) in [5.41, 5.74) is -0.0470. The van der Waals surface area contributed by atoms with E-state index in [9.17, 15) is 27.2 Å². The summed E-state index contributed by atoms with van der Waals surface area (Å²) < 4.78 is 53.3. The van der Waals surface area contributed by atoms with Gasteiger partial charge in [0.2, 0.25) is 0 Å². The number of ether oxygens (including phenoxy) is 2. The molecule has 0 aromatic heterocycles. The second kappa shape index (κ2) is 10.1. The molecule has 0 aromatic rings. The maximum atomic E-state index is 11.4. The lowest BCUT2D eigenvalue weighted by molar-refractivity contribution is -0.183. The van der Waals surface area contributed by atoms with E-state index < -0.39 is 31.4 Å². The van der Waals surface area contributed by atoms with Crippen molar-refractivity contribution in [1.29, 1.82) is 0 Å². The van der Waals surface area contributed by atoms with Crippen LogP contribution in [0.5, 0.6) is 0 Å². The minimum absolute atomic E-state index is 0.0470. The molecule has 0 radical (unpaired) electrons. The largest absolute Gasteiger partial charge is 0.460 e. The molecule has 0 N–H and O–H groups in total. The molecule has 0 saturated heterocycles. The van der Waals surface area contributed by atoms with Gasteiger partial charge in [-0.2, -0.15) is 13.2 Å². The highest BCUT2D eigenvalue weighted by Gasteiger charge is 2.29. The van der Waals surface area contributed by atoms with Gasteiger partial charge in [-0.05, 0) is 6.92 Å². The smallest absolute Gasteiger partial charge is 0.422 e. The van der Waals surface area contributed by atoms with Gasteiger partial charge in [-0.1, -0.05) is 13.2 Å². The second-order valence-electron chi connectivity index (χ2n) is 3.03. The number of alkyl halides is 4. The molecule has 0 saturated carbocycles. The summed E-state index contributed by atoms with van der Waals surface area (Å²) in [5.74, 6) is -1.61. The van der Waals surface area contributed by atoms with Crippen molar-refractivity contribution in [2.75, 3.05) is 19.9 Å². The van der Waals surface area contributed by atoms with E-state index in [1.165, 1.54) is 6.92 Å². The number of rotatable bonds is 5. The van der Waals surface area contributed by atoms with Crippen LogP contribution in [0.2, 0.25) is 0 Å². The van der Waals surface area contributed by atoms with Crippen LogP contribution in [0.1, 0.15) is 6.92 Å². The van der Waals surface area contributed by atoms with E-state index in [2.05, 4.69) is 22.6 Å². The second-order valence-corrected chi connectivity index (χ2v) is 3.03. The van der Waals surface area contributed by atoms with Crippen LogP contribution < -0.4 is 0 Å². The minimum atomic E-state index is -4.47.